The number of anilines is 1. The van der Waals surface area contributed by atoms with Gasteiger partial charge in [0.25, 0.3) is 0 Å². The van der Waals surface area contributed by atoms with Crippen LogP contribution >= 0.6 is 0 Å². The van der Waals surface area contributed by atoms with Gasteiger partial charge in [0.05, 0.1) is 19.2 Å². The summed E-state index contributed by atoms with van der Waals surface area (Å²) >= 11 is 0. The Labute approximate surface area is 112 Å². The number of benzene rings is 1. The largest absolute Gasteiger partial charge is 0.506 e. The second-order valence-electron chi connectivity index (χ2n) is 5.31. The second-order valence-corrected chi connectivity index (χ2v) is 5.31. The quantitative estimate of drug-likeness (QED) is 0.648. The maximum Gasteiger partial charge on any atom is 0.309 e. The number of nitrogens with one attached hydrogen (secondary N) is 1. The summed E-state index contributed by atoms with van der Waals surface area (Å²) in [4.78, 5) is 23.0. The van der Waals surface area contributed by atoms with Gasteiger partial charge in [-0.2, -0.15) is 0 Å². The molecule has 0 aromatic heterocycles. The molecule has 0 atom stereocenters. The van der Waals surface area contributed by atoms with Gasteiger partial charge in [-0.15, -0.1) is 0 Å². The van der Waals surface area contributed by atoms with Crippen LogP contribution in [0.15, 0.2) is 18.2 Å². The van der Waals surface area contributed by atoms with Gasteiger partial charge in [0.2, 0.25) is 5.91 Å². The Hall–Kier alpha value is -2.04. The van der Waals surface area contributed by atoms with Gasteiger partial charge in [0.15, 0.2) is 0 Å². The lowest BCUT2D eigenvalue weighted by Gasteiger charge is -2.18. The molecule has 5 nitrogen and oxygen atoms in total. The van der Waals surface area contributed by atoms with Crippen molar-refractivity contribution in [2.75, 3.05) is 12.4 Å². The Balaban J connectivity index is 2.92. The zero-order valence-corrected chi connectivity index (χ0v) is 11.6. The van der Waals surface area contributed by atoms with Gasteiger partial charge in [-0.05, 0) is 17.7 Å². The molecular weight excluding hydrogens is 246 g/mol. The van der Waals surface area contributed by atoms with Crippen LogP contribution in [-0.4, -0.2) is 24.1 Å². The number of carbonyl (C=O) groups excluding carboxylic acids is 2. The van der Waals surface area contributed by atoms with E-state index in [0.717, 1.165) is 0 Å². The Bertz CT molecular complexity index is 489. The van der Waals surface area contributed by atoms with Crippen molar-refractivity contribution in [1.82, 2.24) is 0 Å². The van der Waals surface area contributed by atoms with E-state index in [0.29, 0.717) is 11.3 Å². The minimum absolute atomic E-state index is 0.0359. The summed E-state index contributed by atoms with van der Waals surface area (Å²) in [6, 6.07) is 4.62. The summed E-state index contributed by atoms with van der Waals surface area (Å²) in [5.41, 5.74) is 0.389. The van der Waals surface area contributed by atoms with Gasteiger partial charge in [-0.1, -0.05) is 26.8 Å². The summed E-state index contributed by atoms with van der Waals surface area (Å²) < 4.78 is 4.57. The summed E-state index contributed by atoms with van der Waals surface area (Å²) in [5.74, 6) is -0.622. The zero-order chi connectivity index (χ0) is 14.6. The number of esters is 1. The van der Waals surface area contributed by atoms with Gasteiger partial charge in [0, 0.05) is 5.41 Å². The molecule has 0 saturated carbocycles. The van der Waals surface area contributed by atoms with Crippen molar-refractivity contribution >= 4 is 17.6 Å². The van der Waals surface area contributed by atoms with Gasteiger partial charge < -0.3 is 15.2 Å². The summed E-state index contributed by atoms with van der Waals surface area (Å²) in [5, 5.41) is 12.4. The smallest absolute Gasteiger partial charge is 0.309 e. The fourth-order valence-electron chi connectivity index (χ4n) is 1.34. The van der Waals surface area contributed by atoms with E-state index in [-0.39, 0.29) is 24.0 Å². The molecule has 0 unspecified atom stereocenters. The minimum Gasteiger partial charge on any atom is -0.506 e. The van der Waals surface area contributed by atoms with E-state index >= 15 is 0 Å². The molecule has 1 aromatic carbocycles. The molecule has 0 spiro atoms. The highest BCUT2D eigenvalue weighted by Crippen LogP contribution is 2.26. The first-order valence-corrected chi connectivity index (χ1v) is 5.94. The molecular formula is C14H19NO4. The predicted octanol–water partition coefficient (Wildman–Crippen LogP) is 2.09. The number of amides is 1. The Kier molecular flexibility index (Phi) is 4.53. The molecule has 104 valence electrons. The van der Waals surface area contributed by atoms with Crippen LogP contribution in [0.4, 0.5) is 5.69 Å². The van der Waals surface area contributed by atoms with Crippen LogP contribution in [0.3, 0.4) is 0 Å². The Morgan fingerprint density at radius 3 is 2.47 bits per heavy atom. The molecule has 0 bridgehead atoms. The molecule has 0 aliphatic heterocycles. The van der Waals surface area contributed by atoms with Crippen LogP contribution in [0, 0.1) is 5.41 Å². The lowest BCUT2D eigenvalue weighted by atomic mass is 9.95. The standard InChI is InChI=1S/C14H19NO4/c1-14(2,3)13(18)15-10-7-9(5-6-11(10)16)8-12(17)19-4/h5-7,16H,8H2,1-4H3,(H,15,18). The molecule has 0 saturated heterocycles. The molecule has 5 heteroatoms. The van der Waals surface area contributed by atoms with Crippen molar-refractivity contribution in [3.05, 3.63) is 23.8 Å². The molecule has 0 fully saturated rings. The third-order valence-electron chi connectivity index (χ3n) is 2.57. The van der Waals surface area contributed by atoms with Crippen molar-refractivity contribution in [1.29, 1.82) is 0 Å². The van der Waals surface area contributed by atoms with E-state index in [1.807, 2.05) is 0 Å². The van der Waals surface area contributed by atoms with E-state index in [9.17, 15) is 14.7 Å². The molecule has 1 aromatic rings. The normalized spacial score (nSPS) is 10.9. The first-order valence-electron chi connectivity index (χ1n) is 5.94. The van der Waals surface area contributed by atoms with Crippen LogP contribution in [-0.2, 0) is 20.7 Å². The van der Waals surface area contributed by atoms with Gasteiger partial charge in [-0.25, -0.2) is 0 Å². The number of phenolic OH excluding ortho intramolecular Hbond substituents is 1. The Morgan fingerprint density at radius 1 is 1.32 bits per heavy atom. The average molecular weight is 265 g/mol. The molecule has 0 aliphatic rings. The predicted molar refractivity (Wildman–Crippen MR) is 71.9 cm³/mol. The third-order valence-corrected chi connectivity index (χ3v) is 2.57. The molecule has 0 aliphatic carbocycles. The second kappa shape index (κ2) is 5.73. The number of carbonyl (C=O) groups is 2. The van der Waals surface area contributed by atoms with Crippen LogP contribution in [0.5, 0.6) is 5.75 Å². The number of methoxy groups -OCH3 is 1. The van der Waals surface area contributed by atoms with E-state index in [2.05, 4.69) is 10.1 Å². The fraction of sp³-hybridized carbons (Fsp3) is 0.429. The van der Waals surface area contributed by atoms with Gasteiger partial charge in [-0.3, -0.25) is 9.59 Å². The molecule has 19 heavy (non-hydrogen) atoms. The Morgan fingerprint density at radius 2 is 1.95 bits per heavy atom. The fourth-order valence-corrected chi connectivity index (χ4v) is 1.34. The number of ether oxygens (including phenoxy) is 1. The molecule has 2 N–H and O–H groups in total. The topological polar surface area (TPSA) is 75.6 Å². The summed E-state index contributed by atoms with van der Waals surface area (Å²) in [7, 11) is 1.31. The number of hydrogen-bond acceptors (Lipinski definition) is 4. The third kappa shape index (κ3) is 4.28. The van der Waals surface area contributed by atoms with Gasteiger partial charge in [0.1, 0.15) is 5.75 Å². The minimum atomic E-state index is -0.565. The van der Waals surface area contributed by atoms with Crippen molar-refractivity contribution in [2.45, 2.75) is 27.2 Å². The molecule has 1 amide bonds. The van der Waals surface area contributed by atoms with Crippen LogP contribution in [0.25, 0.3) is 0 Å². The number of rotatable bonds is 3. The van der Waals surface area contributed by atoms with Crippen molar-refractivity contribution in [3.8, 4) is 5.75 Å². The lowest BCUT2D eigenvalue weighted by Crippen LogP contribution is -2.27. The maximum atomic E-state index is 11.9. The van der Waals surface area contributed by atoms with E-state index in [4.69, 9.17) is 0 Å². The highest BCUT2D eigenvalue weighted by atomic mass is 16.5. The monoisotopic (exact) mass is 265 g/mol. The molecule has 0 heterocycles. The summed E-state index contributed by atoms with van der Waals surface area (Å²) in [6.45, 7) is 5.33. The lowest BCUT2D eigenvalue weighted by molar-refractivity contribution is -0.139. The summed E-state index contributed by atoms with van der Waals surface area (Å²) in [6.07, 6.45) is 0.0924. The SMILES string of the molecule is COC(=O)Cc1ccc(O)c(NC(=O)C(C)(C)C)c1. The highest BCUT2D eigenvalue weighted by molar-refractivity contribution is 5.95. The maximum absolute atomic E-state index is 11.9. The number of aromatic hydroxyl groups is 1. The van der Waals surface area contributed by atoms with E-state index < -0.39 is 5.41 Å². The van der Waals surface area contributed by atoms with E-state index in [1.54, 1.807) is 32.9 Å². The first-order chi connectivity index (χ1) is 8.74. The number of hydrogen-bond donors (Lipinski definition) is 2. The van der Waals surface area contributed by atoms with Crippen LogP contribution < -0.4 is 5.32 Å². The van der Waals surface area contributed by atoms with Crippen molar-refractivity contribution < 1.29 is 19.4 Å². The van der Waals surface area contributed by atoms with E-state index in [1.165, 1.54) is 13.2 Å². The number of phenols is 1. The first kappa shape index (κ1) is 15.0. The van der Waals surface area contributed by atoms with Crippen molar-refractivity contribution in [3.63, 3.8) is 0 Å². The van der Waals surface area contributed by atoms with Crippen LogP contribution in [0.2, 0.25) is 0 Å². The van der Waals surface area contributed by atoms with Gasteiger partial charge >= 0.3 is 5.97 Å². The zero-order valence-electron chi connectivity index (χ0n) is 11.6. The molecule has 0 radical (unpaired) electrons. The average Bonchev–Trinajstić information content (AvgIpc) is 2.32. The highest BCUT2D eigenvalue weighted by Gasteiger charge is 2.22. The van der Waals surface area contributed by atoms with Crippen molar-refractivity contribution in [2.24, 2.45) is 5.41 Å². The van der Waals surface area contributed by atoms with Crippen LogP contribution in [0.1, 0.15) is 26.3 Å². The molecule has 1 rings (SSSR count).